The molecule has 3 aromatic rings. The lowest BCUT2D eigenvalue weighted by Crippen LogP contribution is -2.09. The van der Waals surface area contributed by atoms with Crippen LogP contribution in [-0.2, 0) is 0 Å². The maximum Gasteiger partial charge on any atom is 0.265 e. The van der Waals surface area contributed by atoms with Gasteiger partial charge in [-0.3, -0.25) is 9.89 Å². The van der Waals surface area contributed by atoms with Crippen LogP contribution in [0, 0.1) is 0 Å². The molecule has 2 N–H and O–H groups in total. The number of rotatable bonds is 2. The summed E-state index contributed by atoms with van der Waals surface area (Å²) >= 11 is 1.43. The lowest BCUT2D eigenvalue weighted by molar-refractivity contribution is 0.103. The van der Waals surface area contributed by atoms with E-state index in [2.05, 4.69) is 15.5 Å². The lowest BCUT2D eigenvalue weighted by atomic mass is 10.2. The maximum absolute atomic E-state index is 11.8. The summed E-state index contributed by atoms with van der Waals surface area (Å²) in [5.74, 6) is -0.0807. The van der Waals surface area contributed by atoms with Crippen LogP contribution >= 0.6 is 11.3 Å². The Balaban J connectivity index is 1.87. The Kier molecular flexibility index (Phi) is 2.38. The van der Waals surface area contributed by atoms with Gasteiger partial charge < -0.3 is 5.32 Å². The Hall–Kier alpha value is -2.14. The predicted molar refractivity (Wildman–Crippen MR) is 68.4 cm³/mol. The summed E-state index contributed by atoms with van der Waals surface area (Å²) in [6.45, 7) is 0. The van der Waals surface area contributed by atoms with Crippen molar-refractivity contribution in [2.24, 2.45) is 0 Å². The highest BCUT2D eigenvalue weighted by Gasteiger charge is 2.07. The molecule has 1 aromatic carbocycles. The van der Waals surface area contributed by atoms with Gasteiger partial charge in [0.2, 0.25) is 0 Å². The van der Waals surface area contributed by atoms with Gasteiger partial charge in [-0.1, -0.05) is 6.07 Å². The Morgan fingerprint density at radius 3 is 3.12 bits per heavy atom. The second-order valence-electron chi connectivity index (χ2n) is 3.60. The van der Waals surface area contributed by atoms with Crippen LogP contribution in [-0.4, -0.2) is 16.1 Å². The first-order chi connectivity index (χ1) is 8.33. The van der Waals surface area contributed by atoms with Crippen molar-refractivity contribution in [2.45, 2.75) is 0 Å². The third-order valence-electron chi connectivity index (χ3n) is 2.44. The number of amides is 1. The van der Waals surface area contributed by atoms with E-state index < -0.39 is 0 Å². The molecule has 2 aromatic heterocycles. The van der Waals surface area contributed by atoms with Crippen molar-refractivity contribution in [1.82, 2.24) is 10.2 Å². The molecule has 3 rings (SSSR count). The van der Waals surface area contributed by atoms with E-state index >= 15 is 0 Å². The van der Waals surface area contributed by atoms with Crippen LogP contribution in [0.15, 0.2) is 41.9 Å². The number of aromatic amines is 1. The summed E-state index contributed by atoms with van der Waals surface area (Å²) in [5, 5.41) is 12.5. The second-order valence-corrected chi connectivity index (χ2v) is 4.55. The average molecular weight is 243 g/mol. The summed E-state index contributed by atoms with van der Waals surface area (Å²) in [6, 6.07) is 9.30. The molecule has 5 heteroatoms. The van der Waals surface area contributed by atoms with Crippen molar-refractivity contribution in [3.8, 4) is 0 Å². The van der Waals surface area contributed by atoms with Crippen LogP contribution in [0.4, 0.5) is 5.69 Å². The monoisotopic (exact) mass is 243 g/mol. The van der Waals surface area contributed by atoms with Crippen molar-refractivity contribution >= 4 is 33.8 Å². The van der Waals surface area contributed by atoms with Crippen molar-refractivity contribution < 1.29 is 4.79 Å². The topological polar surface area (TPSA) is 57.8 Å². The number of anilines is 1. The van der Waals surface area contributed by atoms with Gasteiger partial charge in [-0.05, 0) is 29.6 Å². The number of fused-ring (bicyclic) bond motifs is 1. The molecule has 1 amide bonds. The number of hydrogen-bond acceptors (Lipinski definition) is 3. The third kappa shape index (κ3) is 1.92. The van der Waals surface area contributed by atoms with Crippen molar-refractivity contribution in [1.29, 1.82) is 0 Å². The van der Waals surface area contributed by atoms with Gasteiger partial charge in [0.25, 0.3) is 5.91 Å². The summed E-state index contributed by atoms with van der Waals surface area (Å²) in [5.41, 5.74) is 1.73. The predicted octanol–water partition coefficient (Wildman–Crippen LogP) is 2.88. The molecule has 0 saturated carbocycles. The zero-order valence-electron chi connectivity index (χ0n) is 8.81. The van der Waals surface area contributed by atoms with Gasteiger partial charge in [0.1, 0.15) is 0 Å². The number of nitrogens with one attached hydrogen (secondary N) is 2. The van der Waals surface area contributed by atoms with Crippen LogP contribution in [0.25, 0.3) is 10.9 Å². The van der Waals surface area contributed by atoms with Crippen LogP contribution in [0.2, 0.25) is 0 Å². The molecule has 0 aliphatic carbocycles. The second kappa shape index (κ2) is 4.03. The fourth-order valence-corrected chi connectivity index (χ4v) is 2.24. The normalized spacial score (nSPS) is 10.6. The Labute approximate surface area is 101 Å². The Morgan fingerprint density at radius 1 is 1.35 bits per heavy atom. The molecule has 0 aliphatic heterocycles. The van der Waals surface area contributed by atoms with Crippen molar-refractivity contribution in [3.05, 3.63) is 46.8 Å². The molecule has 0 spiro atoms. The summed E-state index contributed by atoms with van der Waals surface area (Å²) in [4.78, 5) is 12.5. The number of carbonyl (C=O) groups is 1. The first-order valence-corrected chi connectivity index (χ1v) is 5.99. The smallest absolute Gasteiger partial charge is 0.265 e. The number of hydrogen-bond donors (Lipinski definition) is 2. The zero-order valence-corrected chi connectivity index (χ0v) is 9.62. The molecule has 0 fully saturated rings. The minimum absolute atomic E-state index is 0.0807. The summed E-state index contributed by atoms with van der Waals surface area (Å²) in [6.07, 6.45) is 1.73. The molecule has 0 unspecified atom stereocenters. The number of aromatic nitrogens is 2. The zero-order chi connectivity index (χ0) is 11.7. The highest BCUT2D eigenvalue weighted by molar-refractivity contribution is 7.12. The van der Waals surface area contributed by atoms with E-state index in [-0.39, 0.29) is 5.91 Å². The molecule has 2 heterocycles. The molecule has 0 radical (unpaired) electrons. The molecule has 0 atom stereocenters. The van der Waals surface area contributed by atoms with Crippen LogP contribution < -0.4 is 5.32 Å². The van der Waals surface area contributed by atoms with Crippen LogP contribution in [0.3, 0.4) is 0 Å². The SMILES string of the molecule is O=C(Nc1ccc2[nH]ncc2c1)c1cccs1. The molecule has 0 bridgehead atoms. The van der Waals surface area contributed by atoms with Gasteiger partial charge >= 0.3 is 0 Å². The van der Waals surface area contributed by atoms with E-state index in [1.807, 2.05) is 29.6 Å². The largest absolute Gasteiger partial charge is 0.321 e. The van der Waals surface area contributed by atoms with Crippen molar-refractivity contribution in [3.63, 3.8) is 0 Å². The quantitative estimate of drug-likeness (QED) is 0.727. The number of H-pyrrole nitrogens is 1. The van der Waals surface area contributed by atoms with Gasteiger partial charge in [0.15, 0.2) is 0 Å². The van der Waals surface area contributed by atoms with Crippen molar-refractivity contribution in [2.75, 3.05) is 5.32 Å². The van der Waals surface area contributed by atoms with Crippen LogP contribution in [0.5, 0.6) is 0 Å². The number of carbonyl (C=O) groups excluding carboxylic acids is 1. The molecule has 0 saturated heterocycles. The fraction of sp³-hybridized carbons (Fsp3) is 0. The number of thiophene rings is 1. The molecular formula is C12H9N3OS. The molecule has 0 aliphatic rings. The van der Waals surface area contributed by atoms with E-state index in [0.29, 0.717) is 4.88 Å². The fourth-order valence-electron chi connectivity index (χ4n) is 1.62. The van der Waals surface area contributed by atoms with E-state index in [9.17, 15) is 4.79 Å². The summed E-state index contributed by atoms with van der Waals surface area (Å²) < 4.78 is 0. The van der Waals surface area contributed by atoms with Gasteiger partial charge in [0.05, 0.1) is 16.6 Å². The molecular weight excluding hydrogens is 234 g/mol. The van der Waals surface area contributed by atoms with E-state index in [1.54, 1.807) is 12.3 Å². The van der Waals surface area contributed by atoms with Gasteiger partial charge in [-0.2, -0.15) is 5.10 Å². The lowest BCUT2D eigenvalue weighted by Gasteiger charge is -2.03. The minimum Gasteiger partial charge on any atom is -0.321 e. The highest BCUT2D eigenvalue weighted by atomic mass is 32.1. The van der Waals surface area contributed by atoms with Gasteiger partial charge in [-0.25, -0.2) is 0 Å². The maximum atomic E-state index is 11.8. The van der Waals surface area contributed by atoms with Gasteiger partial charge in [0, 0.05) is 11.1 Å². The highest BCUT2D eigenvalue weighted by Crippen LogP contribution is 2.18. The van der Waals surface area contributed by atoms with E-state index in [0.717, 1.165) is 16.6 Å². The first-order valence-electron chi connectivity index (χ1n) is 5.11. The number of nitrogens with zero attached hydrogens (tertiary/aromatic N) is 1. The first kappa shape index (κ1) is 10.0. The van der Waals surface area contributed by atoms with Gasteiger partial charge in [-0.15, -0.1) is 11.3 Å². The van der Waals surface area contributed by atoms with Crippen LogP contribution in [0.1, 0.15) is 9.67 Å². The number of benzene rings is 1. The third-order valence-corrected chi connectivity index (χ3v) is 3.31. The van der Waals surface area contributed by atoms with E-state index in [1.165, 1.54) is 11.3 Å². The molecule has 17 heavy (non-hydrogen) atoms. The molecule has 84 valence electrons. The Bertz CT molecular complexity index is 657. The Morgan fingerprint density at radius 2 is 2.29 bits per heavy atom. The van der Waals surface area contributed by atoms with E-state index in [4.69, 9.17) is 0 Å². The average Bonchev–Trinajstić information content (AvgIpc) is 2.99. The minimum atomic E-state index is -0.0807. The standard InChI is InChI=1S/C12H9N3OS/c16-12(11-2-1-5-17-11)14-9-3-4-10-8(6-9)7-13-15-10/h1-7H,(H,13,15)(H,14,16). The summed E-state index contributed by atoms with van der Waals surface area (Å²) in [7, 11) is 0. The molecule has 4 nitrogen and oxygen atoms in total.